The third-order valence-electron chi connectivity index (χ3n) is 2.51. The minimum Gasteiger partial charge on any atom is -0.457 e. The number of halogens is 2. The van der Waals surface area contributed by atoms with Crippen molar-refractivity contribution in [2.75, 3.05) is 0 Å². The minimum absolute atomic E-state index is 0.314. The standard InChI is InChI=1S/C14H12F2O/c1-9-3-4-12(16)8-14(9)17-13-6-5-11(15)7-10(13)2/h3-8H,1-2H3. The van der Waals surface area contributed by atoms with Crippen LogP contribution in [-0.2, 0) is 0 Å². The van der Waals surface area contributed by atoms with E-state index in [1.807, 2.05) is 6.92 Å². The van der Waals surface area contributed by atoms with Gasteiger partial charge in [-0.3, -0.25) is 0 Å². The number of benzene rings is 2. The van der Waals surface area contributed by atoms with Crippen molar-refractivity contribution in [3.05, 3.63) is 59.2 Å². The van der Waals surface area contributed by atoms with Crippen LogP contribution in [0.3, 0.4) is 0 Å². The highest BCUT2D eigenvalue weighted by Gasteiger charge is 2.06. The summed E-state index contributed by atoms with van der Waals surface area (Å²) in [5.74, 6) is 0.302. The molecule has 0 aromatic heterocycles. The van der Waals surface area contributed by atoms with Gasteiger partial charge in [0.15, 0.2) is 0 Å². The molecule has 0 N–H and O–H groups in total. The summed E-state index contributed by atoms with van der Waals surface area (Å²) in [4.78, 5) is 0. The molecule has 0 aliphatic heterocycles. The molecule has 0 unspecified atom stereocenters. The lowest BCUT2D eigenvalue weighted by Crippen LogP contribution is -1.91. The van der Waals surface area contributed by atoms with Gasteiger partial charge < -0.3 is 4.74 Å². The molecule has 17 heavy (non-hydrogen) atoms. The molecule has 0 radical (unpaired) electrons. The van der Waals surface area contributed by atoms with Crippen LogP contribution in [0.1, 0.15) is 11.1 Å². The minimum atomic E-state index is -0.356. The summed E-state index contributed by atoms with van der Waals surface area (Å²) in [5.41, 5.74) is 1.50. The molecule has 0 atom stereocenters. The van der Waals surface area contributed by atoms with Crippen LogP contribution in [0.5, 0.6) is 11.5 Å². The first-order chi connectivity index (χ1) is 8.06. The van der Waals surface area contributed by atoms with Gasteiger partial charge in [0, 0.05) is 6.07 Å². The Morgan fingerprint density at radius 1 is 0.765 bits per heavy atom. The Labute approximate surface area is 98.7 Å². The quantitative estimate of drug-likeness (QED) is 0.749. The first-order valence-electron chi connectivity index (χ1n) is 5.26. The van der Waals surface area contributed by atoms with Gasteiger partial charge in [0.25, 0.3) is 0 Å². The van der Waals surface area contributed by atoms with Crippen molar-refractivity contribution in [3.63, 3.8) is 0 Å². The molecular weight excluding hydrogens is 222 g/mol. The van der Waals surface area contributed by atoms with Crippen LogP contribution in [0.4, 0.5) is 8.78 Å². The van der Waals surface area contributed by atoms with E-state index >= 15 is 0 Å². The fourth-order valence-corrected chi connectivity index (χ4v) is 1.53. The van der Waals surface area contributed by atoms with Gasteiger partial charge in [-0.15, -0.1) is 0 Å². The monoisotopic (exact) mass is 234 g/mol. The molecule has 2 aromatic carbocycles. The van der Waals surface area contributed by atoms with Gasteiger partial charge in [0.05, 0.1) is 0 Å². The van der Waals surface area contributed by atoms with Crippen LogP contribution < -0.4 is 4.74 Å². The van der Waals surface area contributed by atoms with E-state index in [1.54, 1.807) is 13.0 Å². The first kappa shape index (κ1) is 11.6. The summed E-state index contributed by atoms with van der Waals surface area (Å²) in [6.07, 6.45) is 0. The summed E-state index contributed by atoms with van der Waals surface area (Å²) in [5, 5.41) is 0. The van der Waals surface area contributed by atoms with Crippen molar-refractivity contribution < 1.29 is 13.5 Å². The number of aryl methyl sites for hydroxylation is 2. The van der Waals surface area contributed by atoms with E-state index in [1.165, 1.54) is 30.3 Å². The largest absolute Gasteiger partial charge is 0.457 e. The van der Waals surface area contributed by atoms with Crippen LogP contribution >= 0.6 is 0 Å². The zero-order chi connectivity index (χ0) is 12.4. The zero-order valence-corrected chi connectivity index (χ0v) is 9.63. The van der Waals surface area contributed by atoms with Crippen LogP contribution in [-0.4, -0.2) is 0 Å². The van der Waals surface area contributed by atoms with Gasteiger partial charge in [-0.25, -0.2) is 8.78 Å². The Balaban J connectivity index is 2.34. The second kappa shape index (κ2) is 4.53. The van der Waals surface area contributed by atoms with Gasteiger partial charge in [-0.2, -0.15) is 0 Å². The molecule has 2 rings (SSSR count). The molecule has 88 valence electrons. The van der Waals surface area contributed by atoms with E-state index in [0.29, 0.717) is 17.1 Å². The summed E-state index contributed by atoms with van der Waals surface area (Å²) in [6.45, 7) is 3.57. The highest BCUT2D eigenvalue weighted by Crippen LogP contribution is 2.28. The fourth-order valence-electron chi connectivity index (χ4n) is 1.53. The maximum absolute atomic E-state index is 13.1. The Morgan fingerprint density at radius 2 is 1.41 bits per heavy atom. The van der Waals surface area contributed by atoms with Crippen molar-refractivity contribution in [2.45, 2.75) is 13.8 Å². The van der Waals surface area contributed by atoms with Crippen molar-refractivity contribution >= 4 is 0 Å². The van der Waals surface area contributed by atoms with Crippen LogP contribution in [0.15, 0.2) is 36.4 Å². The molecule has 0 aliphatic carbocycles. The molecule has 0 saturated heterocycles. The summed E-state index contributed by atoms with van der Waals surface area (Å²) in [7, 11) is 0. The Bertz CT molecular complexity index is 550. The second-order valence-corrected chi connectivity index (χ2v) is 3.92. The normalized spacial score (nSPS) is 10.4. The highest BCUT2D eigenvalue weighted by molar-refractivity contribution is 5.40. The lowest BCUT2D eigenvalue weighted by molar-refractivity contribution is 0.467. The molecule has 0 saturated carbocycles. The predicted molar refractivity (Wildman–Crippen MR) is 62.3 cm³/mol. The van der Waals surface area contributed by atoms with E-state index in [2.05, 4.69) is 0 Å². The second-order valence-electron chi connectivity index (χ2n) is 3.92. The van der Waals surface area contributed by atoms with Gasteiger partial charge in [0.1, 0.15) is 23.1 Å². The Morgan fingerprint density at radius 3 is 2.12 bits per heavy atom. The molecule has 3 heteroatoms. The van der Waals surface area contributed by atoms with Gasteiger partial charge >= 0.3 is 0 Å². The smallest absolute Gasteiger partial charge is 0.133 e. The summed E-state index contributed by atoms with van der Waals surface area (Å²) >= 11 is 0. The average Bonchev–Trinajstić information content (AvgIpc) is 2.27. The van der Waals surface area contributed by atoms with E-state index in [4.69, 9.17) is 4.74 Å². The van der Waals surface area contributed by atoms with Gasteiger partial charge in [-0.1, -0.05) is 6.07 Å². The summed E-state index contributed by atoms with van der Waals surface area (Å²) < 4.78 is 31.6. The first-order valence-corrected chi connectivity index (χ1v) is 5.26. The molecule has 1 nitrogen and oxygen atoms in total. The molecule has 0 amide bonds. The number of hydrogen-bond donors (Lipinski definition) is 0. The van der Waals surface area contributed by atoms with Gasteiger partial charge in [0.2, 0.25) is 0 Å². The lowest BCUT2D eigenvalue weighted by Gasteiger charge is -2.10. The predicted octanol–water partition coefficient (Wildman–Crippen LogP) is 4.37. The van der Waals surface area contributed by atoms with Crippen molar-refractivity contribution in [1.29, 1.82) is 0 Å². The number of hydrogen-bond acceptors (Lipinski definition) is 1. The third-order valence-corrected chi connectivity index (χ3v) is 2.51. The maximum Gasteiger partial charge on any atom is 0.133 e. The van der Waals surface area contributed by atoms with E-state index in [9.17, 15) is 8.78 Å². The molecule has 0 fully saturated rings. The zero-order valence-electron chi connectivity index (χ0n) is 9.63. The van der Waals surface area contributed by atoms with E-state index in [0.717, 1.165) is 5.56 Å². The number of rotatable bonds is 2. The van der Waals surface area contributed by atoms with Crippen molar-refractivity contribution in [1.82, 2.24) is 0 Å². The van der Waals surface area contributed by atoms with Crippen LogP contribution in [0.25, 0.3) is 0 Å². The average molecular weight is 234 g/mol. The molecule has 0 spiro atoms. The highest BCUT2D eigenvalue weighted by atomic mass is 19.1. The lowest BCUT2D eigenvalue weighted by atomic mass is 10.2. The summed E-state index contributed by atoms with van der Waals surface area (Å²) in [6, 6.07) is 8.57. The van der Waals surface area contributed by atoms with Crippen molar-refractivity contribution in [2.24, 2.45) is 0 Å². The fraction of sp³-hybridized carbons (Fsp3) is 0.143. The SMILES string of the molecule is Cc1cc(F)ccc1Oc1cc(F)ccc1C. The molecular formula is C14H12F2O. The molecule has 0 bridgehead atoms. The van der Waals surface area contributed by atoms with Gasteiger partial charge in [-0.05, 0) is 49.2 Å². The van der Waals surface area contributed by atoms with Crippen LogP contribution in [0, 0.1) is 25.5 Å². The van der Waals surface area contributed by atoms with Crippen molar-refractivity contribution in [3.8, 4) is 11.5 Å². The number of ether oxygens (including phenoxy) is 1. The molecule has 0 aliphatic rings. The maximum atomic E-state index is 13.1. The Hall–Kier alpha value is -1.90. The van der Waals surface area contributed by atoms with Crippen LogP contribution in [0.2, 0.25) is 0 Å². The Kier molecular flexibility index (Phi) is 3.09. The third kappa shape index (κ3) is 2.61. The van der Waals surface area contributed by atoms with E-state index in [-0.39, 0.29) is 11.6 Å². The van der Waals surface area contributed by atoms with E-state index < -0.39 is 0 Å². The topological polar surface area (TPSA) is 9.23 Å². The molecule has 2 aromatic rings. The molecule has 0 heterocycles.